The largest absolute Gasteiger partial charge is 0.319 e. The van der Waals surface area contributed by atoms with Crippen molar-refractivity contribution < 1.29 is 0 Å². The van der Waals surface area contributed by atoms with Gasteiger partial charge in [0.15, 0.2) is 0 Å². The lowest BCUT2D eigenvalue weighted by atomic mass is 10.2. The van der Waals surface area contributed by atoms with Gasteiger partial charge in [-0.2, -0.15) is 0 Å². The standard InChI is InChI=1S/C18H24N4O2/c1-19-7-5-16(14-18(19)24)15-21-10-8-20(9-11-21)12-13-22-6-3-2-4-17(22)23/h2-7,14H,8-13,15H2,1H3. The maximum absolute atomic E-state index is 11.7. The topological polar surface area (TPSA) is 50.5 Å². The molecule has 0 atom stereocenters. The lowest BCUT2D eigenvalue weighted by Gasteiger charge is -2.34. The minimum Gasteiger partial charge on any atom is -0.319 e. The third-order valence-electron chi connectivity index (χ3n) is 4.60. The van der Waals surface area contributed by atoms with Crippen LogP contribution >= 0.6 is 0 Å². The molecule has 0 saturated carbocycles. The van der Waals surface area contributed by atoms with Crippen molar-refractivity contribution in [1.29, 1.82) is 0 Å². The zero-order valence-electron chi connectivity index (χ0n) is 14.1. The van der Waals surface area contributed by atoms with E-state index in [2.05, 4.69) is 9.80 Å². The van der Waals surface area contributed by atoms with E-state index in [1.54, 1.807) is 34.4 Å². The molecule has 24 heavy (non-hydrogen) atoms. The summed E-state index contributed by atoms with van der Waals surface area (Å²) in [6.45, 7) is 6.40. The fraction of sp³-hybridized carbons (Fsp3) is 0.444. The molecule has 6 nitrogen and oxygen atoms in total. The number of hydrogen-bond donors (Lipinski definition) is 0. The van der Waals surface area contributed by atoms with E-state index < -0.39 is 0 Å². The molecule has 3 heterocycles. The van der Waals surface area contributed by atoms with Crippen LogP contribution in [0.1, 0.15) is 5.56 Å². The summed E-state index contributed by atoms with van der Waals surface area (Å²) in [5, 5.41) is 0. The minimum atomic E-state index is 0.0411. The molecule has 0 spiro atoms. The molecule has 0 aromatic carbocycles. The minimum absolute atomic E-state index is 0.0411. The highest BCUT2D eigenvalue weighted by Gasteiger charge is 2.17. The van der Waals surface area contributed by atoms with Gasteiger partial charge in [-0.25, -0.2) is 0 Å². The van der Waals surface area contributed by atoms with E-state index in [1.807, 2.05) is 24.5 Å². The molecular formula is C18H24N4O2. The van der Waals surface area contributed by atoms with Crippen LogP contribution in [0.15, 0.2) is 52.3 Å². The van der Waals surface area contributed by atoms with E-state index >= 15 is 0 Å². The van der Waals surface area contributed by atoms with Crippen molar-refractivity contribution in [2.45, 2.75) is 13.1 Å². The SMILES string of the molecule is Cn1ccc(CN2CCN(CCn3ccccc3=O)CC2)cc1=O. The Balaban J connectivity index is 1.47. The highest BCUT2D eigenvalue weighted by molar-refractivity contribution is 5.10. The molecule has 0 radical (unpaired) electrons. The first-order valence-electron chi connectivity index (χ1n) is 8.37. The first-order valence-corrected chi connectivity index (χ1v) is 8.37. The Labute approximate surface area is 141 Å². The first-order chi connectivity index (χ1) is 11.6. The Morgan fingerprint density at radius 2 is 1.62 bits per heavy atom. The maximum Gasteiger partial charge on any atom is 0.250 e. The van der Waals surface area contributed by atoms with Crippen LogP contribution in [0.25, 0.3) is 0 Å². The van der Waals surface area contributed by atoms with E-state index in [4.69, 9.17) is 0 Å². The van der Waals surface area contributed by atoms with E-state index in [1.165, 1.54) is 0 Å². The summed E-state index contributed by atoms with van der Waals surface area (Å²) in [6, 6.07) is 8.99. The van der Waals surface area contributed by atoms with Gasteiger partial charge in [0.25, 0.3) is 11.1 Å². The van der Waals surface area contributed by atoms with Crippen LogP contribution in [0, 0.1) is 0 Å². The summed E-state index contributed by atoms with van der Waals surface area (Å²) in [6.07, 6.45) is 3.67. The van der Waals surface area contributed by atoms with Gasteiger partial charge in [0.2, 0.25) is 0 Å². The molecule has 0 amide bonds. The second kappa shape index (κ2) is 7.59. The average molecular weight is 328 g/mol. The molecule has 0 aliphatic carbocycles. The number of piperazine rings is 1. The fourth-order valence-corrected chi connectivity index (χ4v) is 3.01. The quantitative estimate of drug-likeness (QED) is 0.795. The second-order valence-corrected chi connectivity index (χ2v) is 6.33. The number of rotatable bonds is 5. The Hall–Kier alpha value is -2.18. The molecule has 3 rings (SSSR count). The van der Waals surface area contributed by atoms with Crippen LogP contribution in [0.3, 0.4) is 0 Å². The van der Waals surface area contributed by atoms with Gasteiger partial charge in [0, 0.05) is 77.4 Å². The summed E-state index contributed by atoms with van der Waals surface area (Å²) in [4.78, 5) is 28.2. The third kappa shape index (κ3) is 4.21. The van der Waals surface area contributed by atoms with Gasteiger partial charge in [-0.05, 0) is 17.7 Å². The van der Waals surface area contributed by atoms with Crippen molar-refractivity contribution in [3.63, 3.8) is 0 Å². The summed E-state index contributed by atoms with van der Waals surface area (Å²) in [7, 11) is 1.77. The third-order valence-corrected chi connectivity index (χ3v) is 4.60. The molecule has 1 saturated heterocycles. The summed E-state index contributed by atoms with van der Waals surface area (Å²) >= 11 is 0. The van der Waals surface area contributed by atoms with Crippen LogP contribution in [0.5, 0.6) is 0 Å². The molecule has 0 unspecified atom stereocenters. The summed E-state index contributed by atoms with van der Waals surface area (Å²) < 4.78 is 3.35. The fourth-order valence-electron chi connectivity index (χ4n) is 3.01. The molecule has 128 valence electrons. The van der Waals surface area contributed by atoms with Crippen molar-refractivity contribution in [3.8, 4) is 0 Å². The number of aryl methyl sites for hydroxylation is 1. The molecule has 0 bridgehead atoms. The zero-order valence-corrected chi connectivity index (χ0v) is 14.1. The summed E-state index contributed by atoms with van der Waals surface area (Å²) in [5.41, 5.74) is 1.17. The van der Waals surface area contributed by atoms with Crippen LogP contribution in [-0.2, 0) is 20.1 Å². The molecule has 2 aromatic rings. The molecule has 6 heteroatoms. The van der Waals surface area contributed by atoms with Crippen LogP contribution in [0.4, 0.5) is 0 Å². The smallest absolute Gasteiger partial charge is 0.250 e. The van der Waals surface area contributed by atoms with Crippen LogP contribution in [0.2, 0.25) is 0 Å². The highest BCUT2D eigenvalue weighted by Crippen LogP contribution is 2.07. The van der Waals surface area contributed by atoms with E-state index in [-0.39, 0.29) is 11.1 Å². The Morgan fingerprint density at radius 3 is 2.33 bits per heavy atom. The van der Waals surface area contributed by atoms with Gasteiger partial charge in [-0.3, -0.25) is 19.4 Å². The maximum atomic E-state index is 11.7. The molecular weight excluding hydrogens is 304 g/mol. The van der Waals surface area contributed by atoms with Crippen molar-refractivity contribution in [3.05, 3.63) is 69.0 Å². The number of pyridine rings is 2. The Bertz CT molecular complexity index is 788. The molecule has 1 aliphatic heterocycles. The molecule has 1 aliphatic rings. The van der Waals surface area contributed by atoms with Crippen molar-refractivity contribution in [2.75, 3.05) is 32.7 Å². The van der Waals surface area contributed by atoms with Crippen molar-refractivity contribution in [1.82, 2.24) is 18.9 Å². The van der Waals surface area contributed by atoms with Gasteiger partial charge in [0.1, 0.15) is 0 Å². The van der Waals surface area contributed by atoms with Gasteiger partial charge < -0.3 is 9.13 Å². The van der Waals surface area contributed by atoms with E-state index in [0.717, 1.165) is 51.4 Å². The van der Waals surface area contributed by atoms with Gasteiger partial charge in [-0.15, -0.1) is 0 Å². The van der Waals surface area contributed by atoms with Gasteiger partial charge >= 0.3 is 0 Å². The number of nitrogens with zero attached hydrogens (tertiary/aromatic N) is 4. The first kappa shape index (κ1) is 16.7. The average Bonchev–Trinajstić information content (AvgIpc) is 2.59. The predicted molar refractivity (Wildman–Crippen MR) is 94.1 cm³/mol. The normalized spacial score (nSPS) is 16.4. The zero-order chi connectivity index (χ0) is 16.9. The highest BCUT2D eigenvalue weighted by atomic mass is 16.1. The monoisotopic (exact) mass is 328 g/mol. The van der Waals surface area contributed by atoms with Crippen molar-refractivity contribution >= 4 is 0 Å². The van der Waals surface area contributed by atoms with Crippen molar-refractivity contribution in [2.24, 2.45) is 7.05 Å². The lowest BCUT2D eigenvalue weighted by molar-refractivity contribution is 0.124. The predicted octanol–water partition coefficient (Wildman–Crippen LogP) is 0.365. The molecule has 1 fully saturated rings. The number of hydrogen-bond acceptors (Lipinski definition) is 4. The molecule has 0 N–H and O–H groups in total. The Morgan fingerprint density at radius 1 is 0.875 bits per heavy atom. The molecule has 2 aromatic heterocycles. The van der Waals surface area contributed by atoms with Crippen LogP contribution < -0.4 is 11.1 Å². The summed E-state index contributed by atoms with van der Waals surface area (Å²) in [5.74, 6) is 0. The lowest BCUT2D eigenvalue weighted by Crippen LogP contribution is -2.47. The van der Waals surface area contributed by atoms with Gasteiger partial charge in [0.05, 0.1) is 0 Å². The Kier molecular flexibility index (Phi) is 5.27. The van der Waals surface area contributed by atoms with Crippen LogP contribution in [-0.4, -0.2) is 51.7 Å². The van der Waals surface area contributed by atoms with E-state index in [0.29, 0.717) is 0 Å². The number of aromatic nitrogens is 2. The second-order valence-electron chi connectivity index (χ2n) is 6.33. The van der Waals surface area contributed by atoms with Gasteiger partial charge in [-0.1, -0.05) is 6.07 Å². The van der Waals surface area contributed by atoms with E-state index in [9.17, 15) is 9.59 Å².